The first kappa shape index (κ1) is 21.0. The lowest BCUT2D eigenvalue weighted by molar-refractivity contribution is -0.0517. The molecule has 0 atom stereocenters. The summed E-state index contributed by atoms with van der Waals surface area (Å²) in [5.41, 5.74) is -2.59. The zero-order valence-corrected chi connectivity index (χ0v) is 14.9. The van der Waals surface area contributed by atoms with Crippen molar-refractivity contribution in [1.82, 2.24) is 0 Å². The van der Waals surface area contributed by atoms with Crippen molar-refractivity contribution in [3.63, 3.8) is 0 Å². The molecule has 2 aromatic carbocycles. The van der Waals surface area contributed by atoms with Gasteiger partial charge in [0.15, 0.2) is 15.0 Å². The fourth-order valence-corrected chi connectivity index (χ4v) is 2.34. The van der Waals surface area contributed by atoms with Crippen LogP contribution in [-0.2, 0) is 21.0 Å². The molecule has 0 fully saturated rings. The molecular formula is C16H14F3NO3S2. The molecule has 0 radical (unpaired) electrons. The second-order valence-electron chi connectivity index (χ2n) is 4.93. The summed E-state index contributed by atoms with van der Waals surface area (Å²) in [7, 11) is -5.78. The van der Waals surface area contributed by atoms with E-state index in [1.165, 1.54) is 10.5 Å². The van der Waals surface area contributed by atoms with Crippen LogP contribution in [0, 0.1) is 11.3 Å². The van der Waals surface area contributed by atoms with Crippen LogP contribution in [0.15, 0.2) is 53.4 Å². The molecule has 2 aromatic rings. The lowest BCUT2D eigenvalue weighted by Gasteiger charge is -2.08. The van der Waals surface area contributed by atoms with Crippen molar-refractivity contribution in [2.45, 2.75) is 10.4 Å². The first-order valence-corrected chi connectivity index (χ1v) is 10.1. The van der Waals surface area contributed by atoms with Crippen LogP contribution < -0.4 is 0 Å². The summed E-state index contributed by atoms with van der Waals surface area (Å²) in [5.74, 6) is 0. The van der Waals surface area contributed by atoms with Gasteiger partial charge >= 0.3 is 5.51 Å². The van der Waals surface area contributed by atoms with E-state index >= 15 is 0 Å². The maximum atomic E-state index is 10.7. The Morgan fingerprint density at radius 1 is 0.960 bits per heavy atom. The Morgan fingerprint density at radius 2 is 1.32 bits per heavy atom. The first-order valence-electron chi connectivity index (χ1n) is 6.66. The second kappa shape index (κ2) is 8.38. The van der Waals surface area contributed by atoms with Crippen LogP contribution in [0.25, 0.3) is 11.1 Å². The van der Waals surface area contributed by atoms with Gasteiger partial charge in [0.1, 0.15) is 12.5 Å². The van der Waals surface area contributed by atoms with Crippen LogP contribution >= 0.6 is 0 Å². The van der Waals surface area contributed by atoms with Crippen molar-refractivity contribution in [2.75, 3.05) is 12.5 Å². The molecule has 2 rings (SSSR count). The Bertz CT molecular complexity index is 838. The molecule has 0 heterocycles. The number of nitrogens with zero attached hydrogens (tertiary/aromatic N) is 1. The second-order valence-corrected chi connectivity index (χ2v) is 8.41. The summed E-state index contributed by atoms with van der Waals surface area (Å²) in [6.45, 7) is 0. The maximum Gasteiger partial charge on any atom is 0.485 e. The smallest absolute Gasteiger partial charge is 0.485 e. The zero-order valence-electron chi connectivity index (χ0n) is 13.2. The van der Waals surface area contributed by atoms with E-state index in [2.05, 4.69) is 42.8 Å². The van der Waals surface area contributed by atoms with Gasteiger partial charge in [0.2, 0.25) is 0 Å². The Hall–Kier alpha value is -2.02. The average Bonchev–Trinajstić information content (AvgIpc) is 2.54. The molecule has 0 aliphatic heterocycles. The van der Waals surface area contributed by atoms with Crippen LogP contribution in [0.2, 0.25) is 0 Å². The molecule has 0 unspecified atom stereocenters. The van der Waals surface area contributed by atoms with Gasteiger partial charge in [0, 0.05) is 10.9 Å². The summed E-state index contributed by atoms with van der Waals surface area (Å²) >= 11 is 0. The minimum absolute atomic E-state index is 0.308. The van der Waals surface area contributed by atoms with Gasteiger partial charge in [-0.25, -0.2) is 8.42 Å². The van der Waals surface area contributed by atoms with Crippen molar-refractivity contribution in [2.24, 2.45) is 0 Å². The predicted octanol–water partition coefficient (Wildman–Crippen LogP) is 3.51. The number of nitriles is 1. The fraction of sp³-hybridized carbons (Fsp3) is 0.188. The Balaban J connectivity index is 0.000000333. The van der Waals surface area contributed by atoms with Crippen molar-refractivity contribution in [3.8, 4) is 17.2 Å². The molecule has 0 saturated heterocycles. The van der Waals surface area contributed by atoms with Gasteiger partial charge in [0.25, 0.3) is 0 Å². The summed E-state index contributed by atoms with van der Waals surface area (Å²) in [4.78, 5) is 1.38. The molecular weight excluding hydrogens is 375 g/mol. The monoisotopic (exact) mass is 389 g/mol. The van der Waals surface area contributed by atoms with Crippen molar-refractivity contribution < 1.29 is 26.1 Å². The lowest BCUT2D eigenvalue weighted by Crippen LogP contribution is -2.21. The summed E-state index contributed by atoms with van der Waals surface area (Å²) < 4.78 is 58.9. The zero-order chi connectivity index (χ0) is 19.3. The third-order valence-electron chi connectivity index (χ3n) is 2.96. The summed E-state index contributed by atoms with van der Waals surface area (Å²) in [5, 5.41) is 8.75. The lowest BCUT2D eigenvalue weighted by atomic mass is 10.0. The normalized spacial score (nSPS) is 11.4. The van der Waals surface area contributed by atoms with E-state index in [1.54, 1.807) is 0 Å². The SMILES string of the molecule is C[S+](C)c1ccc(-c2ccc(C#N)cc2)cc1.O=S(=O)([O-])C(F)(F)F. The molecule has 0 spiro atoms. The molecule has 0 aromatic heterocycles. The molecule has 0 aliphatic rings. The molecule has 0 saturated carbocycles. The van der Waals surface area contributed by atoms with Gasteiger partial charge in [-0.2, -0.15) is 18.4 Å². The Morgan fingerprint density at radius 3 is 1.60 bits per heavy atom. The summed E-state index contributed by atoms with van der Waals surface area (Å²) in [6.07, 6.45) is 4.44. The third kappa shape index (κ3) is 6.42. The number of hydrogen-bond acceptors (Lipinski definition) is 4. The van der Waals surface area contributed by atoms with Crippen molar-refractivity contribution in [1.29, 1.82) is 5.26 Å². The first-order chi connectivity index (χ1) is 11.5. The van der Waals surface area contributed by atoms with Crippen molar-refractivity contribution in [3.05, 3.63) is 54.1 Å². The quantitative estimate of drug-likeness (QED) is 0.447. The van der Waals surface area contributed by atoms with E-state index in [9.17, 15) is 13.2 Å². The molecule has 0 bridgehead atoms. The number of hydrogen-bond donors (Lipinski definition) is 0. The molecule has 0 aliphatic carbocycles. The number of benzene rings is 2. The standard InChI is InChI=1S/C15H14NS.CHF3O3S/c1-17(2)15-9-7-14(8-10-15)13-5-3-12(11-16)4-6-13;2-1(3,4)8(5,6)7/h3-10H,1-2H3;(H,5,6,7)/q+1;/p-1. The molecule has 0 N–H and O–H groups in total. The van der Waals surface area contributed by atoms with E-state index < -0.39 is 15.6 Å². The maximum absolute atomic E-state index is 10.7. The molecule has 0 amide bonds. The fourth-order valence-electron chi connectivity index (χ4n) is 1.66. The van der Waals surface area contributed by atoms with Gasteiger partial charge in [-0.1, -0.05) is 12.1 Å². The van der Waals surface area contributed by atoms with E-state index in [1.807, 2.05) is 24.3 Å². The van der Waals surface area contributed by atoms with Crippen LogP contribution in [0.5, 0.6) is 0 Å². The molecule has 4 nitrogen and oxygen atoms in total. The van der Waals surface area contributed by atoms with E-state index in [0.29, 0.717) is 16.5 Å². The third-order valence-corrected chi connectivity index (χ3v) is 4.74. The minimum atomic E-state index is -6.09. The van der Waals surface area contributed by atoms with E-state index in [0.717, 1.165) is 5.56 Å². The number of alkyl halides is 3. The van der Waals surface area contributed by atoms with Gasteiger partial charge < -0.3 is 4.55 Å². The topological polar surface area (TPSA) is 81.0 Å². The largest absolute Gasteiger partial charge is 0.741 e. The van der Waals surface area contributed by atoms with E-state index in [-0.39, 0.29) is 0 Å². The van der Waals surface area contributed by atoms with Crippen LogP contribution in [-0.4, -0.2) is 31.0 Å². The summed E-state index contributed by atoms with van der Waals surface area (Å²) in [6, 6.07) is 18.5. The average molecular weight is 389 g/mol. The number of rotatable bonds is 2. The van der Waals surface area contributed by atoms with Gasteiger partial charge in [0.05, 0.1) is 11.6 Å². The van der Waals surface area contributed by atoms with Gasteiger partial charge in [-0.15, -0.1) is 0 Å². The minimum Gasteiger partial charge on any atom is -0.741 e. The predicted molar refractivity (Wildman–Crippen MR) is 89.8 cm³/mol. The van der Waals surface area contributed by atoms with Gasteiger partial charge in [-0.05, 0) is 47.5 Å². The highest BCUT2D eigenvalue weighted by molar-refractivity contribution is 7.95. The van der Waals surface area contributed by atoms with Gasteiger partial charge in [-0.3, -0.25) is 0 Å². The van der Waals surface area contributed by atoms with Crippen LogP contribution in [0.1, 0.15) is 5.56 Å². The van der Waals surface area contributed by atoms with E-state index in [4.69, 9.17) is 18.2 Å². The molecule has 134 valence electrons. The molecule has 25 heavy (non-hydrogen) atoms. The molecule has 9 heteroatoms. The van der Waals surface area contributed by atoms with Crippen LogP contribution in [0.3, 0.4) is 0 Å². The number of halogens is 3. The highest BCUT2D eigenvalue weighted by Crippen LogP contribution is 2.22. The Kier molecular flexibility index (Phi) is 7.05. The highest BCUT2D eigenvalue weighted by atomic mass is 32.2. The van der Waals surface area contributed by atoms with Crippen LogP contribution in [0.4, 0.5) is 13.2 Å². The Labute approximate surface area is 147 Å². The van der Waals surface area contributed by atoms with Crippen molar-refractivity contribution >= 4 is 21.0 Å². The highest BCUT2D eigenvalue weighted by Gasteiger charge is 2.36.